The van der Waals surface area contributed by atoms with Crippen molar-refractivity contribution in [3.8, 4) is 11.1 Å². The largest absolute Gasteiger partial charge is 0.199 e. The van der Waals surface area contributed by atoms with E-state index in [0.717, 1.165) is 3.79 Å². The van der Waals surface area contributed by atoms with Gasteiger partial charge in [-0.3, -0.25) is 0 Å². The Morgan fingerprint density at radius 2 is 1.92 bits per heavy atom. The number of benzene rings is 1. The predicted octanol–water partition coefficient (Wildman–Crippen LogP) is 3.57. The van der Waals surface area contributed by atoms with Crippen molar-refractivity contribution in [2.45, 2.75) is 0 Å². The van der Waals surface area contributed by atoms with E-state index >= 15 is 0 Å². The highest BCUT2D eigenvalue weighted by Gasteiger charge is 2.03. The first-order valence-electron chi connectivity index (χ1n) is 3.53. The Hall–Kier alpha value is -0.670. The molecule has 0 radical (unpaired) electrons. The number of halogens is 1. The molecule has 60 valence electrons. The van der Waals surface area contributed by atoms with E-state index in [1.165, 1.54) is 22.7 Å². The maximum atomic E-state index is 4.09. The van der Waals surface area contributed by atoms with Crippen LogP contribution < -0.4 is 0 Å². The molecule has 2 aromatic rings. The summed E-state index contributed by atoms with van der Waals surface area (Å²) in [6.45, 7) is 0. The molecule has 1 aromatic carbocycles. The lowest BCUT2D eigenvalue weighted by molar-refractivity contribution is 1.56. The fourth-order valence-electron chi connectivity index (χ4n) is 1.03. The number of hydrogen-bond donors (Lipinski definition) is 0. The van der Waals surface area contributed by atoms with E-state index in [2.05, 4.69) is 32.4 Å². The molecule has 0 fully saturated rings. The smallest absolute Gasteiger partial charge is 0.0983 e. The van der Waals surface area contributed by atoms with Crippen LogP contribution in [0.25, 0.3) is 11.1 Å². The van der Waals surface area contributed by atoms with Crippen molar-refractivity contribution in [2.24, 2.45) is 0 Å². The van der Waals surface area contributed by atoms with Gasteiger partial charge in [0.25, 0.3) is 0 Å². The number of hydrogen-bond acceptors (Lipinski definition) is 2. The zero-order valence-corrected chi connectivity index (χ0v) is 8.60. The Morgan fingerprint density at radius 3 is 2.50 bits per heavy atom. The van der Waals surface area contributed by atoms with E-state index in [1.54, 1.807) is 0 Å². The zero-order valence-electron chi connectivity index (χ0n) is 6.20. The van der Waals surface area contributed by atoms with Gasteiger partial charge in [0.2, 0.25) is 0 Å². The van der Waals surface area contributed by atoms with Gasteiger partial charge in [-0.25, -0.2) is 0 Å². The van der Waals surface area contributed by atoms with Crippen molar-refractivity contribution in [1.82, 2.24) is 4.37 Å². The average Bonchev–Trinajstić information content (AvgIpc) is 2.53. The number of rotatable bonds is 1. The molecule has 12 heavy (non-hydrogen) atoms. The fraction of sp³-hybridized carbons (Fsp3) is 0. The minimum atomic E-state index is 1.09. The highest BCUT2D eigenvalue weighted by Crippen LogP contribution is 2.30. The Balaban J connectivity index is 2.51. The summed E-state index contributed by atoms with van der Waals surface area (Å²) in [4.78, 5) is 0. The molecule has 0 aliphatic heterocycles. The van der Waals surface area contributed by atoms with Crippen molar-refractivity contribution >= 4 is 27.5 Å². The highest BCUT2D eigenvalue weighted by molar-refractivity contribution is 9.11. The van der Waals surface area contributed by atoms with Crippen LogP contribution in [0.3, 0.4) is 0 Å². The van der Waals surface area contributed by atoms with E-state index in [9.17, 15) is 0 Å². The molecule has 0 spiro atoms. The topological polar surface area (TPSA) is 12.9 Å². The standard InChI is InChI=1S/C9H6BrNS/c10-9-8(6-11-12-9)7-4-2-1-3-5-7/h1-6H. The third-order valence-corrected chi connectivity index (χ3v) is 3.06. The van der Waals surface area contributed by atoms with Crippen molar-refractivity contribution < 1.29 is 0 Å². The van der Waals surface area contributed by atoms with Gasteiger partial charge in [-0.1, -0.05) is 30.3 Å². The molecule has 0 saturated heterocycles. The summed E-state index contributed by atoms with van der Waals surface area (Å²) >= 11 is 4.92. The zero-order chi connectivity index (χ0) is 8.39. The molecule has 1 nitrogen and oxygen atoms in total. The van der Waals surface area contributed by atoms with Crippen LogP contribution in [-0.2, 0) is 0 Å². The minimum Gasteiger partial charge on any atom is -0.199 e. The van der Waals surface area contributed by atoms with Gasteiger partial charge in [0.05, 0.1) is 3.79 Å². The third kappa shape index (κ3) is 1.42. The molecule has 0 aliphatic rings. The van der Waals surface area contributed by atoms with Crippen LogP contribution >= 0.6 is 27.5 Å². The number of aromatic nitrogens is 1. The molecule has 0 atom stereocenters. The Bertz CT molecular complexity index is 369. The molecule has 0 bridgehead atoms. The molecule has 1 aromatic heterocycles. The van der Waals surface area contributed by atoms with Gasteiger partial charge in [0, 0.05) is 11.8 Å². The summed E-state index contributed by atoms with van der Waals surface area (Å²) in [6.07, 6.45) is 1.88. The first-order chi connectivity index (χ1) is 5.88. The molecule has 0 saturated carbocycles. The van der Waals surface area contributed by atoms with E-state index in [4.69, 9.17) is 0 Å². The van der Waals surface area contributed by atoms with Gasteiger partial charge in [-0.05, 0) is 33.0 Å². The van der Waals surface area contributed by atoms with Crippen molar-refractivity contribution in [3.63, 3.8) is 0 Å². The second kappa shape index (κ2) is 3.37. The molecule has 0 amide bonds. The first-order valence-corrected chi connectivity index (χ1v) is 5.10. The molecule has 3 heteroatoms. The van der Waals surface area contributed by atoms with Gasteiger partial charge in [0.1, 0.15) is 0 Å². The molecular weight excluding hydrogens is 234 g/mol. The lowest BCUT2D eigenvalue weighted by Crippen LogP contribution is -1.71. The minimum absolute atomic E-state index is 1.09. The first kappa shape index (κ1) is 7.95. The predicted molar refractivity (Wildman–Crippen MR) is 55.3 cm³/mol. The summed E-state index contributed by atoms with van der Waals surface area (Å²) in [5.74, 6) is 0. The summed E-state index contributed by atoms with van der Waals surface area (Å²) in [5, 5.41) is 0. The second-order valence-electron chi connectivity index (χ2n) is 2.38. The van der Waals surface area contributed by atoms with Crippen LogP contribution in [0, 0.1) is 0 Å². The maximum absolute atomic E-state index is 4.09. The lowest BCUT2D eigenvalue weighted by atomic mass is 10.1. The summed E-state index contributed by atoms with van der Waals surface area (Å²) in [7, 11) is 0. The van der Waals surface area contributed by atoms with Crippen molar-refractivity contribution in [1.29, 1.82) is 0 Å². The fourth-order valence-corrected chi connectivity index (χ4v) is 2.13. The summed E-state index contributed by atoms with van der Waals surface area (Å²) in [6, 6.07) is 10.2. The number of nitrogens with zero attached hydrogens (tertiary/aromatic N) is 1. The van der Waals surface area contributed by atoms with Gasteiger partial charge in [0.15, 0.2) is 0 Å². The van der Waals surface area contributed by atoms with E-state index in [0.29, 0.717) is 0 Å². The quantitative estimate of drug-likeness (QED) is 0.742. The average molecular weight is 240 g/mol. The monoisotopic (exact) mass is 239 g/mol. The Labute approximate surface area is 83.4 Å². The molecule has 2 rings (SSSR count). The SMILES string of the molecule is Brc1sncc1-c1ccccc1. The molecule has 1 heterocycles. The normalized spacial score (nSPS) is 10.1. The van der Waals surface area contributed by atoms with Gasteiger partial charge in [-0.2, -0.15) is 4.37 Å². The van der Waals surface area contributed by atoms with Gasteiger partial charge >= 0.3 is 0 Å². The van der Waals surface area contributed by atoms with Crippen molar-refractivity contribution in [2.75, 3.05) is 0 Å². The lowest BCUT2D eigenvalue weighted by Gasteiger charge is -1.95. The van der Waals surface area contributed by atoms with Crippen LogP contribution in [-0.4, -0.2) is 4.37 Å². The maximum Gasteiger partial charge on any atom is 0.0983 e. The van der Waals surface area contributed by atoms with Crippen molar-refractivity contribution in [3.05, 3.63) is 40.3 Å². The van der Waals surface area contributed by atoms with Crippen LogP contribution in [0.1, 0.15) is 0 Å². The summed E-state index contributed by atoms with van der Waals surface area (Å²) < 4.78 is 5.18. The Kier molecular flexibility index (Phi) is 2.23. The van der Waals surface area contributed by atoms with Crippen LogP contribution in [0.2, 0.25) is 0 Å². The van der Waals surface area contributed by atoms with Gasteiger partial charge in [-0.15, -0.1) is 0 Å². The van der Waals surface area contributed by atoms with E-state index in [-0.39, 0.29) is 0 Å². The van der Waals surface area contributed by atoms with Gasteiger partial charge < -0.3 is 0 Å². The van der Waals surface area contributed by atoms with Crippen LogP contribution in [0.5, 0.6) is 0 Å². The second-order valence-corrected chi connectivity index (χ2v) is 4.50. The summed E-state index contributed by atoms with van der Waals surface area (Å²) in [5.41, 5.74) is 2.37. The Morgan fingerprint density at radius 1 is 1.17 bits per heavy atom. The molecule has 0 aliphatic carbocycles. The molecule has 0 N–H and O–H groups in total. The third-order valence-electron chi connectivity index (χ3n) is 1.61. The van der Waals surface area contributed by atoms with E-state index in [1.807, 2.05) is 24.4 Å². The van der Waals surface area contributed by atoms with Crippen LogP contribution in [0.4, 0.5) is 0 Å². The molecule has 0 unspecified atom stereocenters. The van der Waals surface area contributed by atoms with E-state index < -0.39 is 0 Å². The highest BCUT2D eigenvalue weighted by atomic mass is 79.9. The molecular formula is C9H6BrNS. The van der Waals surface area contributed by atoms with Crippen LogP contribution in [0.15, 0.2) is 40.3 Å².